The van der Waals surface area contributed by atoms with Gasteiger partial charge in [-0.1, -0.05) is 23.7 Å². The molecule has 0 saturated carbocycles. The molecule has 1 unspecified atom stereocenters. The summed E-state index contributed by atoms with van der Waals surface area (Å²) in [6.07, 6.45) is 3.22. The lowest BCUT2D eigenvalue weighted by molar-refractivity contribution is 0.579. The lowest BCUT2D eigenvalue weighted by atomic mass is 10.1. The number of thiophene rings is 1. The van der Waals surface area contributed by atoms with E-state index in [0.717, 1.165) is 16.6 Å². The standard InChI is InChI=1S/C15H15ClN4S.ClH/c1-11(18-8-14-6-7-15(16)21-14)12-2-4-13(5-3-12)20-10-17-9-19-20;/h2-7,9-11,18H,8H2,1H3;1H. The van der Waals surface area contributed by atoms with Crippen LogP contribution in [0.15, 0.2) is 49.1 Å². The van der Waals surface area contributed by atoms with Gasteiger partial charge in [-0.3, -0.25) is 0 Å². The molecule has 0 spiro atoms. The first kappa shape index (κ1) is 17.0. The number of nitrogens with zero attached hydrogens (tertiary/aromatic N) is 3. The minimum Gasteiger partial charge on any atom is -0.305 e. The minimum absolute atomic E-state index is 0. The Balaban J connectivity index is 0.00000176. The van der Waals surface area contributed by atoms with Crippen molar-refractivity contribution in [2.45, 2.75) is 19.5 Å². The fourth-order valence-corrected chi connectivity index (χ4v) is 3.11. The Hall–Kier alpha value is -1.40. The van der Waals surface area contributed by atoms with Crippen molar-refractivity contribution in [1.82, 2.24) is 20.1 Å². The third kappa shape index (κ3) is 4.08. The molecule has 0 fully saturated rings. The van der Waals surface area contributed by atoms with Gasteiger partial charge in [-0.15, -0.1) is 23.7 Å². The lowest BCUT2D eigenvalue weighted by Crippen LogP contribution is -2.17. The fourth-order valence-electron chi connectivity index (χ4n) is 2.08. The average Bonchev–Trinajstić information content (AvgIpc) is 3.16. The van der Waals surface area contributed by atoms with Crippen molar-refractivity contribution in [1.29, 1.82) is 0 Å². The maximum atomic E-state index is 5.94. The topological polar surface area (TPSA) is 42.7 Å². The molecule has 0 bridgehead atoms. The highest BCUT2D eigenvalue weighted by Crippen LogP contribution is 2.22. The molecule has 0 aliphatic heterocycles. The molecule has 22 heavy (non-hydrogen) atoms. The van der Waals surface area contributed by atoms with E-state index in [9.17, 15) is 0 Å². The highest BCUT2D eigenvalue weighted by atomic mass is 35.5. The van der Waals surface area contributed by atoms with E-state index < -0.39 is 0 Å². The predicted octanol–water partition coefficient (Wildman–Crippen LogP) is 4.25. The van der Waals surface area contributed by atoms with Crippen LogP contribution in [0.3, 0.4) is 0 Å². The van der Waals surface area contributed by atoms with Crippen molar-refractivity contribution in [2.24, 2.45) is 0 Å². The molecule has 116 valence electrons. The number of halogens is 2. The minimum atomic E-state index is 0. The van der Waals surface area contributed by atoms with Crippen LogP contribution in [0.4, 0.5) is 0 Å². The summed E-state index contributed by atoms with van der Waals surface area (Å²) in [7, 11) is 0. The second-order valence-electron chi connectivity index (χ2n) is 4.74. The summed E-state index contributed by atoms with van der Waals surface area (Å²) in [5.74, 6) is 0. The average molecular weight is 355 g/mol. The SMILES string of the molecule is CC(NCc1ccc(Cl)s1)c1ccc(-n2cncn2)cc1.Cl. The van der Waals surface area contributed by atoms with Crippen LogP contribution in [0.5, 0.6) is 0 Å². The van der Waals surface area contributed by atoms with E-state index in [1.54, 1.807) is 22.3 Å². The Bertz CT molecular complexity index is 695. The van der Waals surface area contributed by atoms with Crippen molar-refractivity contribution in [3.8, 4) is 5.69 Å². The highest BCUT2D eigenvalue weighted by molar-refractivity contribution is 7.16. The van der Waals surface area contributed by atoms with Crippen molar-refractivity contribution in [2.75, 3.05) is 0 Å². The van der Waals surface area contributed by atoms with Crippen LogP contribution in [0.1, 0.15) is 23.4 Å². The molecule has 3 rings (SSSR count). The lowest BCUT2D eigenvalue weighted by Gasteiger charge is -2.14. The van der Waals surface area contributed by atoms with E-state index in [1.807, 2.05) is 18.2 Å². The molecule has 1 N–H and O–H groups in total. The van der Waals surface area contributed by atoms with E-state index in [4.69, 9.17) is 11.6 Å². The molecule has 1 atom stereocenters. The van der Waals surface area contributed by atoms with Gasteiger partial charge in [0.15, 0.2) is 0 Å². The van der Waals surface area contributed by atoms with E-state index >= 15 is 0 Å². The molecule has 0 radical (unpaired) electrons. The molecule has 0 amide bonds. The molecule has 4 nitrogen and oxygen atoms in total. The second kappa shape index (κ2) is 7.74. The highest BCUT2D eigenvalue weighted by Gasteiger charge is 2.06. The molecule has 2 aromatic heterocycles. The summed E-state index contributed by atoms with van der Waals surface area (Å²) in [6, 6.07) is 12.6. The Morgan fingerprint density at radius 3 is 2.59 bits per heavy atom. The van der Waals surface area contributed by atoms with E-state index in [-0.39, 0.29) is 18.4 Å². The van der Waals surface area contributed by atoms with Crippen molar-refractivity contribution >= 4 is 35.3 Å². The molecule has 0 aliphatic carbocycles. The van der Waals surface area contributed by atoms with Crippen LogP contribution in [0.2, 0.25) is 4.34 Å². The fraction of sp³-hybridized carbons (Fsp3) is 0.200. The van der Waals surface area contributed by atoms with Crippen molar-refractivity contribution in [3.05, 3.63) is 63.8 Å². The molecule has 0 aliphatic rings. The maximum Gasteiger partial charge on any atom is 0.138 e. The Morgan fingerprint density at radius 2 is 2.00 bits per heavy atom. The third-order valence-corrected chi connectivity index (χ3v) is 4.52. The van der Waals surface area contributed by atoms with Crippen LogP contribution >= 0.6 is 35.3 Å². The van der Waals surface area contributed by atoms with Gasteiger partial charge in [-0.2, -0.15) is 5.10 Å². The largest absolute Gasteiger partial charge is 0.305 e. The molecule has 3 aromatic rings. The summed E-state index contributed by atoms with van der Waals surface area (Å²) in [5, 5.41) is 7.62. The zero-order valence-electron chi connectivity index (χ0n) is 11.9. The molecule has 2 heterocycles. The smallest absolute Gasteiger partial charge is 0.138 e. The Labute approximate surface area is 144 Å². The van der Waals surface area contributed by atoms with Gasteiger partial charge >= 0.3 is 0 Å². The molecule has 1 aromatic carbocycles. The quantitative estimate of drug-likeness (QED) is 0.744. The molecule has 0 saturated heterocycles. The van der Waals surface area contributed by atoms with E-state index in [2.05, 4.69) is 40.5 Å². The van der Waals surface area contributed by atoms with Gasteiger partial charge in [0, 0.05) is 17.5 Å². The monoisotopic (exact) mass is 354 g/mol. The molecular weight excluding hydrogens is 339 g/mol. The van der Waals surface area contributed by atoms with E-state index in [1.165, 1.54) is 16.8 Å². The predicted molar refractivity (Wildman–Crippen MR) is 93.2 cm³/mol. The number of aromatic nitrogens is 3. The zero-order chi connectivity index (χ0) is 14.7. The summed E-state index contributed by atoms with van der Waals surface area (Å²) in [5.41, 5.74) is 2.25. The third-order valence-electron chi connectivity index (χ3n) is 3.29. The first-order valence-corrected chi connectivity index (χ1v) is 7.84. The molecule has 7 heteroatoms. The Morgan fingerprint density at radius 1 is 1.23 bits per heavy atom. The van der Waals surface area contributed by atoms with Crippen molar-refractivity contribution < 1.29 is 0 Å². The number of rotatable bonds is 5. The maximum absolute atomic E-state index is 5.94. The normalized spacial score (nSPS) is 11.9. The first-order chi connectivity index (χ1) is 10.2. The number of hydrogen-bond donors (Lipinski definition) is 1. The Kier molecular flexibility index (Phi) is 5.97. The van der Waals surface area contributed by atoms with E-state index in [0.29, 0.717) is 0 Å². The van der Waals surface area contributed by atoms with Crippen LogP contribution < -0.4 is 5.32 Å². The van der Waals surface area contributed by atoms with Crippen LogP contribution in [-0.2, 0) is 6.54 Å². The first-order valence-electron chi connectivity index (χ1n) is 6.65. The van der Waals surface area contributed by atoms with Crippen LogP contribution in [0, 0.1) is 0 Å². The number of nitrogens with one attached hydrogen (secondary N) is 1. The summed E-state index contributed by atoms with van der Waals surface area (Å²) in [6.45, 7) is 2.98. The summed E-state index contributed by atoms with van der Waals surface area (Å²) in [4.78, 5) is 5.19. The van der Waals surface area contributed by atoms with Gasteiger partial charge in [-0.25, -0.2) is 9.67 Å². The zero-order valence-corrected chi connectivity index (χ0v) is 14.3. The van der Waals surface area contributed by atoms with Crippen LogP contribution in [0.25, 0.3) is 5.69 Å². The van der Waals surface area contributed by atoms with Gasteiger partial charge in [0.25, 0.3) is 0 Å². The van der Waals surface area contributed by atoms with Gasteiger partial charge in [0.1, 0.15) is 12.7 Å². The van der Waals surface area contributed by atoms with Crippen molar-refractivity contribution in [3.63, 3.8) is 0 Å². The van der Waals surface area contributed by atoms with Gasteiger partial charge in [-0.05, 0) is 36.8 Å². The van der Waals surface area contributed by atoms with Crippen LogP contribution in [-0.4, -0.2) is 14.8 Å². The molecular formula is C15H16Cl2N4S. The van der Waals surface area contributed by atoms with Gasteiger partial charge in [0.2, 0.25) is 0 Å². The second-order valence-corrected chi connectivity index (χ2v) is 6.54. The number of benzene rings is 1. The summed E-state index contributed by atoms with van der Waals surface area (Å²) >= 11 is 7.55. The van der Waals surface area contributed by atoms with Gasteiger partial charge < -0.3 is 5.32 Å². The summed E-state index contributed by atoms with van der Waals surface area (Å²) < 4.78 is 2.58. The number of hydrogen-bond acceptors (Lipinski definition) is 4. The van der Waals surface area contributed by atoms with Gasteiger partial charge in [0.05, 0.1) is 10.0 Å².